The second kappa shape index (κ2) is 2.55. The maximum atomic E-state index is 13.0. The van der Waals surface area contributed by atoms with Crippen molar-refractivity contribution < 1.29 is 14.3 Å². The molecule has 0 spiro atoms. The van der Waals surface area contributed by atoms with Crippen molar-refractivity contribution in [1.82, 2.24) is 9.97 Å². The molecule has 0 radical (unpaired) electrons. The van der Waals surface area contributed by atoms with Gasteiger partial charge in [0.2, 0.25) is 0 Å². The fraction of sp³-hybridized carbons (Fsp3) is 0. The summed E-state index contributed by atoms with van der Waals surface area (Å²) >= 11 is 0. The van der Waals surface area contributed by atoms with E-state index < -0.39 is 17.5 Å². The van der Waals surface area contributed by atoms with Gasteiger partial charge in [0.1, 0.15) is 5.65 Å². The van der Waals surface area contributed by atoms with Gasteiger partial charge in [-0.2, -0.15) is 0 Å². The number of carboxylic acid groups (broad SMARTS) is 1. The predicted molar refractivity (Wildman–Crippen MR) is 43.0 cm³/mol. The topological polar surface area (TPSA) is 66.0 Å². The largest absolute Gasteiger partial charge is 0.476 e. The van der Waals surface area contributed by atoms with Crippen LogP contribution in [0.25, 0.3) is 11.0 Å². The molecule has 13 heavy (non-hydrogen) atoms. The zero-order valence-corrected chi connectivity index (χ0v) is 6.41. The molecule has 0 saturated carbocycles. The minimum atomic E-state index is -1.37. The van der Waals surface area contributed by atoms with Crippen LogP contribution in [0.1, 0.15) is 10.5 Å². The number of carbonyl (C=O) groups is 1. The van der Waals surface area contributed by atoms with Crippen LogP contribution in [0, 0.1) is 5.82 Å². The van der Waals surface area contributed by atoms with Gasteiger partial charge in [0.15, 0.2) is 11.5 Å². The van der Waals surface area contributed by atoms with Crippen molar-refractivity contribution in [3.63, 3.8) is 0 Å². The summed E-state index contributed by atoms with van der Waals surface area (Å²) in [5.74, 6) is -2.19. The second-order valence-electron chi connectivity index (χ2n) is 2.54. The number of aromatic amines is 1. The van der Waals surface area contributed by atoms with E-state index >= 15 is 0 Å². The Kier molecular flexibility index (Phi) is 1.51. The van der Waals surface area contributed by atoms with Crippen LogP contribution >= 0.6 is 0 Å². The first-order chi connectivity index (χ1) is 6.18. The summed E-state index contributed by atoms with van der Waals surface area (Å²) in [5.41, 5.74) is -0.186. The number of rotatable bonds is 1. The van der Waals surface area contributed by atoms with Crippen LogP contribution in [0.2, 0.25) is 0 Å². The molecule has 0 aliphatic heterocycles. The van der Waals surface area contributed by atoms with Crippen molar-refractivity contribution >= 4 is 17.0 Å². The van der Waals surface area contributed by atoms with Crippen molar-refractivity contribution in [1.29, 1.82) is 0 Å². The molecular formula is C8H5FN2O2. The van der Waals surface area contributed by atoms with Crippen LogP contribution in [-0.2, 0) is 0 Å². The lowest BCUT2D eigenvalue weighted by Gasteiger charge is -1.95. The van der Waals surface area contributed by atoms with Gasteiger partial charge >= 0.3 is 5.97 Å². The molecule has 2 aromatic rings. The molecule has 2 rings (SSSR count). The van der Waals surface area contributed by atoms with E-state index in [2.05, 4.69) is 9.97 Å². The molecular weight excluding hydrogens is 175 g/mol. The Morgan fingerprint density at radius 2 is 2.38 bits per heavy atom. The molecule has 2 heterocycles. The third-order valence-corrected chi connectivity index (χ3v) is 1.69. The van der Waals surface area contributed by atoms with Crippen LogP contribution in [0.3, 0.4) is 0 Å². The van der Waals surface area contributed by atoms with Gasteiger partial charge in [-0.05, 0) is 12.1 Å². The average Bonchev–Trinajstić information content (AvgIpc) is 2.48. The van der Waals surface area contributed by atoms with E-state index in [0.29, 0.717) is 11.0 Å². The van der Waals surface area contributed by atoms with Crippen molar-refractivity contribution in [2.45, 2.75) is 0 Å². The average molecular weight is 180 g/mol. The molecule has 4 nitrogen and oxygen atoms in total. The number of halogens is 1. The van der Waals surface area contributed by atoms with Crippen molar-refractivity contribution in [3.05, 3.63) is 29.8 Å². The lowest BCUT2D eigenvalue weighted by molar-refractivity contribution is 0.0685. The summed E-state index contributed by atoms with van der Waals surface area (Å²) in [4.78, 5) is 16.8. The van der Waals surface area contributed by atoms with Crippen molar-refractivity contribution in [3.8, 4) is 0 Å². The van der Waals surface area contributed by atoms with Gasteiger partial charge in [-0.3, -0.25) is 0 Å². The molecule has 2 aromatic heterocycles. The first-order valence-corrected chi connectivity index (χ1v) is 3.55. The molecule has 0 bridgehead atoms. The number of H-pyrrole nitrogens is 1. The highest BCUT2D eigenvalue weighted by Crippen LogP contribution is 2.13. The first-order valence-electron chi connectivity index (χ1n) is 3.55. The molecule has 5 heteroatoms. The number of pyridine rings is 1. The first kappa shape index (κ1) is 7.72. The number of fused-ring (bicyclic) bond motifs is 1. The van der Waals surface area contributed by atoms with E-state index in [4.69, 9.17) is 5.11 Å². The summed E-state index contributed by atoms with van der Waals surface area (Å²) < 4.78 is 13.0. The maximum Gasteiger partial charge on any atom is 0.357 e. The van der Waals surface area contributed by atoms with Gasteiger partial charge in [0.25, 0.3) is 0 Å². The van der Waals surface area contributed by atoms with Gasteiger partial charge in [0.05, 0.1) is 0 Å². The molecule has 0 atom stereocenters. The van der Waals surface area contributed by atoms with Gasteiger partial charge in [-0.25, -0.2) is 14.2 Å². The summed E-state index contributed by atoms with van der Waals surface area (Å²) in [7, 11) is 0. The normalized spacial score (nSPS) is 10.5. The molecule has 0 saturated heterocycles. The molecule has 0 aliphatic carbocycles. The molecule has 0 fully saturated rings. The fourth-order valence-corrected chi connectivity index (χ4v) is 1.11. The Balaban J connectivity index is 2.76. The predicted octanol–water partition coefficient (Wildman–Crippen LogP) is 1.40. The molecule has 0 aliphatic rings. The minimum Gasteiger partial charge on any atom is -0.476 e. The number of aromatic carboxylic acids is 1. The molecule has 0 unspecified atom stereocenters. The highest BCUT2D eigenvalue weighted by atomic mass is 19.1. The van der Waals surface area contributed by atoms with E-state index in [9.17, 15) is 9.18 Å². The number of hydrogen-bond donors (Lipinski definition) is 2. The minimum absolute atomic E-state index is 0.374. The highest BCUT2D eigenvalue weighted by molar-refractivity contribution is 5.89. The number of hydrogen-bond acceptors (Lipinski definition) is 2. The van der Waals surface area contributed by atoms with E-state index in [1.165, 1.54) is 0 Å². The summed E-state index contributed by atoms with van der Waals surface area (Å²) in [6.07, 6.45) is 1.57. The standard InChI is InChI=1S/C8H5FN2O2/c9-5-3-4-1-2-10-7(4)11-6(5)8(12)13/h1-3H,(H,10,11)(H,12,13). The molecule has 0 amide bonds. The Labute approximate surface area is 72.0 Å². The zero-order valence-electron chi connectivity index (χ0n) is 6.41. The monoisotopic (exact) mass is 180 g/mol. The summed E-state index contributed by atoms with van der Waals surface area (Å²) in [6.45, 7) is 0. The quantitative estimate of drug-likeness (QED) is 0.697. The van der Waals surface area contributed by atoms with Crippen LogP contribution in [0.5, 0.6) is 0 Å². The van der Waals surface area contributed by atoms with Gasteiger partial charge < -0.3 is 10.1 Å². The van der Waals surface area contributed by atoms with Crippen LogP contribution in [0.15, 0.2) is 18.3 Å². The third-order valence-electron chi connectivity index (χ3n) is 1.69. The smallest absolute Gasteiger partial charge is 0.357 e. The Hall–Kier alpha value is -1.91. The lowest BCUT2D eigenvalue weighted by Crippen LogP contribution is -2.03. The fourth-order valence-electron chi connectivity index (χ4n) is 1.11. The number of aromatic nitrogens is 2. The summed E-state index contributed by atoms with van der Waals surface area (Å²) in [6, 6.07) is 2.76. The van der Waals surface area contributed by atoms with Crippen molar-refractivity contribution in [2.24, 2.45) is 0 Å². The Morgan fingerprint density at radius 1 is 1.62 bits per heavy atom. The second-order valence-corrected chi connectivity index (χ2v) is 2.54. The Morgan fingerprint density at radius 3 is 3.08 bits per heavy atom. The van der Waals surface area contributed by atoms with Crippen LogP contribution < -0.4 is 0 Å². The summed E-state index contributed by atoms with van der Waals surface area (Å²) in [5, 5.41) is 9.10. The Bertz CT molecular complexity index is 478. The van der Waals surface area contributed by atoms with E-state index in [1.807, 2.05) is 0 Å². The highest BCUT2D eigenvalue weighted by Gasteiger charge is 2.13. The lowest BCUT2D eigenvalue weighted by atomic mass is 10.3. The number of carboxylic acids is 1. The van der Waals surface area contributed by atoms with Crippen LogP contribution in [-0.4, -0.2) is 21.0 Å². The van der Waals surface area contributed by atoms with Crippen LogP contribution in [0.4, 0.5) is 4.39 Å². The molecule has 0 aromatic carbocycles. The van der Waals surface area contributed by atoms with E-state index in [-0.39, 0.29) is 0 Å². The van der Waals surface area contributed by atoms with E-state index in [0.717, 1.165) is 6.07 Å². The maximum absolute atomic E-state index is 13.0. The van der Waals surface area contributed by atoms with Gasteiger partial charge in [0, 0.05) is 11.6 Å². The molecule has 66 valence electrons. The zero-order chi connectivity index (χ0) is 9.42. The van der Waals surface area contributed by atoms with Crippen molar-refractivity contribution in [2.75, 3.05) is 0 Å². The SMILES string of the molecule is O=C(O)c1nc2[nH]ccc2cc1F. The van der Waals surface area contributed by atoms with Gasteiger partial charge in [-0.1, -0.05) is 0 Å². The molecule has 2 N–H and O–H groups in total. The third kappa shape index (κ3) is 1.14. The number of nitrogens with one attached hydrogen (secondary N) is 1. The number of nitrogens with zero attached hydrogens (tertiary/aromatic N) is 1. The van der Waals surface area contributed by atoms with Gasteiger partial charge in [-0.15, -0.1) is 0 Å². The van der Waals surface area contributed by atoms with E-state index in [1.54, 1.807) is 12.3 Å².